The van der Waals surface area contributed by atoms with Crippen molar-refractivity contribution in [1.82, 2.24) is 0 Å². The summed E-state index contributed by atoms with van der Waals surface area (Å²) in [6.45, 7) is 1.80. The summed E-state index contributed by atoms with van der Waals surface area (Å²) in [6.07, 6.45) is 1.55. The molecule has 0 heterocycles. The summed E-state index contributed by atoms with van der Waals surface area (Å²) < 4.78 is 11.8. The third-order valence-electron chi connectivity index (χ3n) is 3.34. The number of aliphatic carboxylic acids is 1. The summed E-state index contributed by atoms with van der Waals surface area (Å²) in [5.74, 6) is 0.0209. The number of ether oxygens (including phenoxy) is 2. The highest BCUT2D eigenvalue weighted by atomic mass is 79.9. The molecule has 2 aromatic rings. The van der Waals surface area contributed by atoms with Gasteiger partial charge in [-0.1, -0.05) is 29.3 Å². The van der Waals surface area contributed by atoms with Gasteiger partial charge in [-0.15, -0.1) is 0 Å². The highest BCUT2D eigenvalue weighted by molar-refractivity contribution is 9.10. The Labute approximate surface area is 164 Å². The molecule has 4 nitrogen and oxygen atoms in total. The van der Waals surface area contributed by atoms with Crippen molar-refractivity contribution in [2.24, 2.45) is 0 Å². The van der Waals surface area contributed by atoms with E-state index in [1.165, 1.54) is 14.0 Å². The number of rotatable bonds is 6. The molecule has 0 saturated heterocycles. The molecule has 0 unspecified atom stereocenters. The van der Waals surface area contributed by atoms with Crippen molar-refractivity contribution in [3.05, 3.63) is 61.5 Å². The number of carboxylic acids is 1. The van der Waals surface area contributed by atoms with Gasteiger partial charge in [0.2, 0.25) is 0 Å². The Balaban J connectivity index is 2.27. The molecule has 0 amide bonds. The first-order valence-corrected chi connectivity index (χ1v) is 8.72. The summed E-state index contributed by atoms with van der Waals surface area (Å²) in [6, 6.07) is 8.73. The first-order chi connectivity index (χ1) is 11.8. The monoisotopic (exact) mass is 444 g/mol. The predicted octanol–water partition coefficient (Wildman–Crippen LogP) is 5.83. The lowest BCUT2D eigenvalue weighted by molar-refractivity contribution is -0.132. The maximum Gasteiger partial charge on any atom is 0.331 e. The molecule has 0 aliphatic carbocycles. The first-order valence-electron chi connectivity index (χ1n) is 7.17. The van der Waals surface area contributed by atoms with E-state index in [9.17, 15) is 4.79 Å². The molecule has 132 valence electrons. The molecule has 0 aromatic heterocycles. The van der Waals surface area contributed by atoms with Crippen molar-refractivity contribution >= 4 is 51.2 Å². The largest absolute Gasteiger partial charge is 0.493 e. The maximum atomic E-state index is 11.0. The van der Waals surface area contributed by atoms with Gasteiger partial charge in [0.15, 0.2) is 11.5 Å². The van der Waals surface area contributed by atoms with E-state index in [1.807, 2.05) is 6.07 Å². The zero-order valence-corrected chi connectivity index (χ0v) is 16.6. The van der Waals surface area contributed by atoms with Gasteiger partial charge in [0.1, 0.15) is 6.61 Å². The lowest BCUT2D eigenvalue weighted by Crippen LogP contribution is -2.00. The molecule has 0 fully saturated rings. The number of carbonyl (C=O) groups is 1. The summed E-state index contributed by atoms with van der Waals surface area (Å²) in [5.41, 5.74) is 1.76. The van der Waals surface area contributed by atoms with Crippen LogP contribution in [0.25, 0.3) is 6.08 Å². The highest BCUT2D eigenvalue weighted by Crippen LogP contribution is 2.38. The normalized spacial score (nSPS) is 11.3. The number of hydrogen-bond acceptors (Lipinski definition) is 3. The average molecular weight is 446 g/mol. The van der Waals surface area contributed by atoms with Crippen LogP contribution < -0.4 is 9.47 Å². The molecule has 0 aliphatic rings. The molecule has 7 heteroatoms. The smallest absolute Gasteiger partial charge is 0.331 e. The topological polar surface area (TPSA) is 55.8 Å². The van der Waals surface area contributed by atoms with Gasteiger partial charge in [-0.2, -0.15) is 0 Å². The fourth-order valence-corrected chi connectivity index (χ4v) is 2.95. The van der Waals surface area contributed by atoms with Crippen molar-refractivity contribution in [1.29, 1.82) is 0 Å². The van der Waals surface area contributed by atoms with Gasteiger partial charge < -0.3 is 14.6 Å². The minimum absolute atomic E-state index is 0.221. The van der Waals surface area contributed by atoms with Crippen molar-refractivity contribution in [3.63, 3.8) is 0 Å². The lowest BCUT2D eigenvalue weighted by atomic mass is 10.1. The van der Waals surface area contributed by atoms with Crippen LogP contribution in [0.5, 0.6) is 11.5 Å². The molecule has 0 bridgehead atoms. The minimum atomic E-state index is -0.977. The molecular weight excluding hydrogens is 431 g/mol. The van der Waals surface area contributed by atoms with Crippen LogP contribution in [0.15, 0.2) is 40.4 Å². The van der Waals surface area contributed by atoms with E-state index < -0.39 is 5.97 Å². The molecule has 25 heavy (non-hydrogen) atoms. The fourth-order valence-electron chi connectivity index (χ4n) is 2.06. The van der Waals surface area contributed by atoms with Gasteiger partial charge in [-0.25, -0.2) is 4.79 Å². The molecule has 0 spiro atoms. The second kappa shape index (κ2) is 8.61. The summed E-state index contributed by atoms with van der Waals surface area (Å²) >= 11 is 15.3. The van der Waals surface area contributed by atoms with Crippen LogP contribution in [0.1, 0.15) is 18.1 Å². The number of carboxylic acid groups (broad SMARTS) is 1. The fraction of sp³-hybridized carbons (Fsp3) is 0.167. The molecule has 2 aromatic carbocycles. The number of hydrogen-bond donors (Lipinski definition) is 1. The van der Waals surface area contributed by atoms with Crippen LogP contribution in [0, 0.1) is 0 Å². The van der Waals surface area contributed by atoms with Crippen LogP contribution >= 0.6 is 39.1 Å². The van der Waals surface area contributed by atoms with E-state index in [-0.39, 0.29) is 12.2 Å². The standard InChI is InChI=1S/C18H15BrCl2O4/c1-10(18(22)23)5-12-6-13(19)17(16(8-12)24-2)25-9-11-3-4-14(20)15(21)7-11/h3-8H,9H2,1-2H3,(H,22,23)/b10-5+. The van der Waals surface area contributed by atoms with E-state index in [1.54, 1.807) is 30.3 Å². The first kappa shape index (κ1) is 19.6. The molecule has 0 saturated carbocycles. The maximum absolute atomic E-state index is 11.0. The molecule has 1 N–H and O–H groups in total. The quantitative estimate of drug-likeness (QED) is 0.568. The third-order valence-corrected chi connectivity index (χ3v) is 4.67. The van der Waals surface area contributed by atoms with E-state index in [0.717, 1.165) is 5.56 Å². The van der Waals surface area contributed by atoms with E-state index in [4.69, 9.17) is 37.8 Å². The SMILES string of the molecule is COc1cc(/C=C(\C)C(=O)O)cc(Br)c1OCc1ccc(Cl)c(Cl)c1. The molecule has 0 radical (unpaired) electrons. The van der Waals surface area contributed by atoms with Crippen molar-refractivity contribution in [3.8, 4) is 11.5 Å². The minimum Gasteiger partial charge on any atom is -0.493 e. The van der Waals surface area contributed by atoms with Gasteiger partial charge in [-0.05, 0) is 64.3 Å². The van der Waals surface area contributed by atoms with Gasteiger partial charge in [-0.3, -0.25) is 0 Å². The lowest BCUT2D eigenvalue weighted by Gasteiger charge is -2.14. The van der Waals surface area contributed by atoms with Gasteiger partial charge in [0.05, 0.1) is 21.6 Å². The van der Waals surface area contributed by atoms with E-state index in [2.05, 4.69) is 15.9 Å². The van der Waals surface area contributed by atoms with Crippen LogP contribution in [-0.2, 0) is 11.4 Å². The highest BCUT2D eigenvalue weighted by Gasteiger charge is 2.12. The number of methoxy groups -OCH3 is 1. The van der Waals surface area contributed by atoms with Gasteiger partial charge >= 0.3 is 5.97 Å². The Morgan fingerprint density at radius 1 is 1.24 bits per heavy atom. The van der Waals surface area contributed by atoms with E-state index >= 15 is 0 Å². The van der Waals surface area contributed by atoms with Crippen molar-refractivity contribution in [2.75, 3.05) is 7.11 Å². The van der Waals surface area contributed by atoms with Crippen molar-refractivity contribution in [2.45, 2.75) is 13.5 Å². The van der Waals surface area contributed by atoms with Crippen LogP contribution in [0.4, 0.5) is 0 Å². The Kier molecular flexibility index (Phi) is 6.76. The van der Waals surface area contributed by atoms with Crippen LogP contribution in [-0.4, -0.2) is 18.2 Å². The van der Waals surface area contributed by atoms with Crippen LogP contribution in [0.3, 0.4) is 0 Å². The molecular formula is C18H15BrCl2O4. The zero-order chi connectivity index (χ0) is 18.6. The summed E-state index contributed by atoms with van der Waals surface area (Å²) in [4.78, 5) is 11.0. The third kappa shape index (κ3) is 5.14. The Morgan fingerprint density at radius 3 is 2.56 bits per heavy atom. The average Bonchev–Trinajstić information content (AvgIpc) is 2.56. The Bertz CT molecular complexity index is 834. The van der Waals surface area contributed by atoms with E-state index in [0.29, 0.717) is 31.6 Å². The Hall–Kier alpha value is -1.69. The Morgan fingerprint density at radius 2 is 1.96 bits per heavy atom. The second-order valence-corrected chi connectivity index (χ2v) is 6.87. The molecule has 0 atom stereocenters. The second-order valence-electron chi connectivity index (χ2n) is 5.20. The van der Waals surface area contributed by atoms with Crippen molar-refractivity contribution < 1.29 is 19.4 Å². The number of halogens is 3. The summed E-state index contributed by atoms with van der Waals surface area (Å²) in [7, 11) is 1.52. The zero-order valence-electron chi connectivity index (χ0n) is 13.5. The van der Waals surface area contributed by atoms with Gasteiger partial charge in [0, 0.05) is 5.57 Å². The molecule has 2 rings (SSSR count). The van der Waals surface area contributed by atoms with Gasteiger partial charge in [0.25, 0.3) is 0 Å². The summed E-state index contributed by atoms with van der Waals surface area (Å²) in [5, 5.41) is 9.93. The predicted molar refractivity (Wildman–Crippen MR) is 103 cm³/mol. The molecule has 0 aliphatic heterocycles. The number of benzene rings is 2. The van der Waals surface area contributed by atoms with Crippen LogP contribution in [0.2, 0.25) is 10.0 Å².